The van der Waals surface area contributed by atoms with Crippen molar-refractivity contribution in [1.29, 1.82) is 0 Å². The lowest BCUT2D eigenvalue weighted by atomic mass is 9.87. The maximum atomic E-state index is 13.3. The van der Waals surface area contributed by atoms with Gasteiger partial charge in [0.1, 0.15) is 0 Å². The zero-order valence-corrected chi connectivity index (χ0v) is 28.2. The van der Waals surface area contributed by atoms with Gasteiger partial charge in [0, 0.05) is 17.1 Å². The molecule has 0 aliphatic rings. The summed E-state index contributed by atoms with van der Waals surface area (Å²) in [5.41, 5.74) is 3.03. The van der Waals surface area contributed by atoms with E-state index in [2.05, 4.69) is 45.3 Å². The number of amides is 2. The van der Waals surface area contributed by atoms with Crippen LogP contribution in [0.15, 0.2) is 77.7 Å². The predicted octanol–water partition coefficient (Wildman–Crippen LogP) is 8.91. The second-order valence-electron chi connectivity index (χ2n) is 12.6. The Balaban J connectivity index is 1.64. The van der Waals surface area contributed by atoms with Crippen molar-refractivity contribution in [2.45, 2.75) is 102 Å². The van der Waals surface area contributed by atoms with Gasteiger partial charge in [-0.1, -0.05) is 108 Å². The Morgan fingerprint density at radius 1 is 0.841 bits per heavy atom. The Hall–Kier alpha value is -3.16. The van der Waals surface area contributed by atoms with Gasteiger partial charge in [0.2, 0.25) is 0 Å². The summed E-state index contributed by atoms with van der Waals surface area (Å²) in [4.78, 5) is 26.6. The van der Waals surface area contributed by atoms with Crippen LogP contribution in [0.4, 0.5) is 10.5 Å². The number of rotatable bonds is 15. The number of carbonyl (C=O) groups excluding carboxylic acids is 2. The summed E-state index contributed by atoms with van der Waals surface area (Å²) >= 11 is 6.05. The van der Waals surface area contributed by atoms with Gasteiger partial charge in [-0.15, -0.1) is 0 Å². The van der Waals surface area contributed by atoms with Crippen LogP contribution < -0.4 is 10.6 Å². The fraction of sp³-hybridized carbons (Fsp3) is 0.444. The molecular weight excluding hydrogens is 592 g/mol. The molecule has 0 bridgehead atoms. The molecule has 0 fully saturated rings. The van der Waals surface area contributed by atoms with Gasteiger partial charge in [0.15, 0.2) is 15.6 Å². The molecule has 1 unspecified atom stereocenters. The van der Waals surface area contributed by atoms with Crippen molar-refractivity contribution in [3.05, 3.63) is 94.5 Å². The molecular formula is C36H47ClN2O4S. The molecule has 238 valence electrons. The second kappa shape index (κ2) is 16.2. The van der Waals surface area contributed by atoms with Gasteiger partial charge in [-0.25, -0.2) is 13.2 Å². The first-order chi connectivity index (χ1) is 20.8. The van der Waals surface area contributed by atoms with E-state index in [-0.39, 0.29) is 21.8 Å². The summed E-state index contributed by atoms with van der Waals surface area (Å²) in [5.74, 6) is 0.346. The first kappa shape index (κ1) is 35.3. The Labute approximate surface area is 268 Å². The van der Waals surface area contributed by atoms with Crippen LogP contribution in [0.2, 0.25) is 5.02 Å². The Kier molecular flexibility index (Phi) is 13.0. The normalized spacial score (nSPS) is 13.2. The van der Waals surface area contributed by atoms with Gasteiger partial charge in [-0.3, -0.25) is 4.79 Å². The average molecular weight is 639 g/mol. The molecule has 3 rings (SSSR count). The molecule has 0 heterocycles. The SMILES string of the molecule is CCCCC(CC)CCC(=O)[C@@H](Cc1ccc(Cl)cc1)NC(=O)Nc1ccc(CS(=O)(=O)c2ccc(C(C)(C)C)cc2)cc1. The van der Waals surface area contributed by atoms with Gasteiger partial charge in [0.05, 0.1) is 16.7 Å². The van der Waals surface area contributed by atoms with Crippen LogP contribution in [-0.4, -0.2) is 26.3 Å². The number of halogens is 1. The highest BCUT2D eigenvalue weighted by Crippen LogP contribution is 2.25. The van der Waals surface area contributed by atoms with Crippen LogP contribution in [0.25, 0.3) is 0 Å². The quantitative estimate of drug-likeness (QED) is 0.174. The van der Waals surface area contributed by atoms with E-state index in [1.54, 1.807) is 48.5 Å². The van der Waals surface area contributed by atoms with Crippen molar-refractivity contribution in [3.63, 3.8) is 0 Å². The van der Waals surface area contributed by atoms with Crippen molar-refractivity contribution in [3.8, 4) is 0 Å². The largest absolute Gasteiger partial charge is 0.328 e. The molecule has 8 heteroatoms. The van der Waals surface area contributed by atoms with Gasteiger partial charge in [-0.05, 0) is 77.3 Å². The highest BCUT2D eigenvalue weighted by atomic mass is 35.5. The third-order valence-electron chi connectivity index (χ3n) is 8.04. The molecule has 3 aromatic rings. The number of unbranched alkanes of at least 4 members (excludes halogenated alkanes) is 1. The van der Waals surface area contributed by atoms with E-state index in [0.717, 1.165) is 43.2 Å². The van der Waals surface area contributed by atoms with E-state index in [9.17, 15) is 18.0 Å². The molecule has 0 aromatic heterocycles. The number of urea groups is 1. The van der Waals surface area contributed by atoms with Crippen molar-refractivity contribution >= 4 is 38.9 Å². The number of carbonyl (C=O) groups is 2. The van der Waals surface area contributed by atoms with Crippen LogP contribution in [-0.2, 0) is 32.2 Å². The van der Waals surface area contributed by atoms with Crippen LogP contribution in [0.1, 0.15) is 89.8 Å². The Morgan fingerprint density at radius 2 is 1.45 bits per heavy atom. The van der Waals surface area contributed by atoms with E-state index in [4.69, 9.17) is 11.6 Å². The highest BCUT2D eigenvalue weighted by Gasteiger charge is 2.23. The molecule has 0 radical (unpaired) electrons. The zero-order chi connectivity index (χ0) is 32.3. The van der Waals surface area contributed by atoms with Crippen molar-refractivity contribution in [2.75, 3.05) is 5.32 Å². The summed E-state index contributed by atoms with van der Waals surface area (Å²) in [6, 6.07) is 19.9. The van der Waals surface area contributed by atoms with Gasteiger partial charge in [0.25, 0.3) is 0 Å². The molecule has 0 saturated heterocycles. The maximum Gasteiger partial charge on any atom is 0.319 e. The van der Waals surface area contributed by atoms with E-state index < -0.39 is 21.9 Å². The van der Waals surface area contributed by atoms with Crippen molar-refractivity contribution in [1.82, 2.24) is 5.32 Å². The molecule has 0 spiro atoms. The van der Waals surface area contributed by atoms with E-state index >= 15 is 0 Å². The minimum atomic E-state index is -3.53. The summed E-state index contributed by atoms with van der Waals surface area (Å²) in [6.07, 6.45) is 6.00. The third-order valence-corrected chi connectivity index (χ3v) is 9.99. The number of sulfone groups is 1. The third kappa shape index (κ3) is 11.1. The second-order valence-corrected chi connectivity index (χ2v) is 15.1. The van der Waals surface area contributed by atoms with Crippen LogP contribution in [0.5, 0.6) is 0 Å². The average Bonchev–Trinajstić information content (AvgIpc) is 2.98. The number of anilines is 1. The van der Waals surface area contributed by atoms with Crippen LogP contribution in [0.3, 0.4) is 0 Å². The minimum Gasteiger partial charge on any atom is -0.328 e. The lowest BCUT2D eigenvalue weighted by Crippen LogP contribution is -2.44. The van der Waals surface area contributed by atoms with Gasteiger partial charge in [-0.2, -0.15) is 0 Å². The number of hydrogen-bond donors (Lipinski definition) is 2. The molecule has 2 N–H and O–H groups in total. The monoisotopic (exact) mass is 638 g/mol. The number of nitrogens with one attached hydrogen (secondary N) is 2. The standard InChI is InChI=1S/C36H47ClN2O4S/c1-6-8-9-26(7-2)14-23-34(40)33(24-27-10-17-30(37)18-11-27)39-35(41)38-31-19-12-28(13-20-31)25-44(42,43)32-21-15-29(16-22-32)36(3,4)5/h10-13,15-22,26,33H,6-9,14,23-25H2,1-5H3,(H2,38,39,41)/t26?,33-/m1/s1. The summed E-state index contributed by atoms with van der Waals surface area (Å²) in [7, 11) is -3.53. The highest BCUT2D eigenvalue weighted by molar-refractivity contribution is 7.90. The van der Waals surface area contributed by atoms with Gasteiger partial charge >= 0.3 is 6.03 Å². The number of ketones is 1. The molecule has 6 nitrogen and oxygen atoms in total. The summed E-state index contributed by atoms with van der Waals surface area (Å²) in [5, 5.41) is 6.28. The molecule has 0 aliphatic carbocycles. The molecule has 0 aliphatic heterocycles. The fourth-order valence-electron chi connectivity index (χ4n) is 5.14. The molecule has 0 saturated carbocycles. The van der Waals surface area contributed by atoms with Crippen molar-refractivity contribution < 1.29 is 18.0 Å². The lowest BCUT2D eigenvalue weighted by Gasteiger charge is -2.20. The van der Waals surface area contributed by atoms with Gasteiger partial charge < -0.3 is 10.6 Å². The first-order valence-electron chi connectivity index (χ1n) is 15.6. The van der Waals surface area contributed by atoms with E-state index in [1.165, 1.54) is 0 Å². The Morgan fingerprint density at radius 3 is 2.02 bits per heavy atom. The smallest absolute Gasteiger partial charge is 0.319 e. The van der Waals surface area contributed by atoms with Crippen LogP contribution >= 0.6 is 11.6 Å². The van der Waals surface area contributed by atoms with E-state index in [1.807, 2.05) is 24.3 Å². The first-order valence-corrected chi connectivity index (χ1v) is 17.6. The molecule has 2 atom stereocenters. The number of benzene rings is 3. The molecule has 3 aromatic carbocycles. The van der Waals surface area contributed by atoms with Crippen molar-refractivity contribution in [2.24, 2.45) is 5.92 Å². The van der Waals surface area contributed by atoms with Crippen LogP contribution in [0, 0.1) is 5.92 Å². The topological polar surface area (TPSA) is 92.3 Å². The summed E-state index contributed by atoms with van der Waals surface area (Å²) in [6.45, 7) is 10.6. The zero-order valence-electron chi connectivity index (χ0n) is 26.7. The Bertz CT molecular complexity index is 1460. The molecule has 2 amide bonds. The summed E-state index contributed by atoms with van der Waals surface area (Å²) < 4.78 is 26.1. The molecule has 44 heavy (non-hydrogen) atoms. The maximum absolute atomic E-state index is 13.3. The predicted molar refractivity (Wildman–Crippen MR) is 181 cm³/mol. The number of hydrogen-bond acceptors (Lipinski definition) is 4. The van der Waals surface area contributed by atoms with E-state index in [0.29, 0.717) is 35.0 Å². The lowest BCUT2D eigenvalue weighted by molar-refractivity contribution is -0.121. The minimum absolute atomic E-state index is 0.00105. The fourth-order valence-corrected chi connectivity index (χ4v) is 6.62. The number of Topliss-reactive ketones (excluding diaryl/α,β-unsaturated/α-hetero) is 1.